The summed E-state index contributed by atoms with van der Waals surface area (Å²) >= 11 is 0. The van der Waals surface area contributed by atoms with E-state index >= 15 is 0 Å². The van der Waals surface area contributed by atoms with E-state index in [-0.39, 0.29) is 12.8 Å². The third-order valence-electron chi connectivity index (χ3n) is 3.68. The Kier molecular flexibility index (Phi) is 8.84. The number of nitrogens with two attached hydrogens (primary N) is 2. The van der Waals surface area contributed by atoms with Crippen LogP contribution in [-0.4, -0.2) is 34.2 Å². The minimum absolute atomic E-state index is 0.241. The molecule has 0 saturated heterocycles. The molecular formula is C20H20N4O4. The number of hydrogen-bond acceptors (Lipinski definition) is 6. The molecule has 0 unspecified atom stereocenters. The summed E-state index contributed by atoms with van der Waals surface area (Å²) < 4.78 is 0. The van der Waals surface area contributed by atoms with Crippen LogP contribution in [0.4, 0.5) is 0 Å². The van der Waals surface area contributed by atoms with Crippen LogP contribution in [0.5, 0.6) is 0 Å². The molecule has 0 radical (unpaired) electrons. The van der Waals surface area contributed by atoms with Crippen molar-refractivity contribution in [2.45, 2.75) is 24.9 Å². The first-order chi connectivity index (χ1) is 13.3. The smallest absolute Gasteiger partial charge is 0.320 e. The maximum Gasteiger partial charge on any atom is 0.320 e. The van der Waals surface area contributed by atoms with Crippen LogP contribution in [0.2, 0.25) is 0 Å². The van der Waals surface area contributed by atoms with E-state index in [2.05, 4.69) is 0 Å². The van der Waals surface area contributed by atoms with Crippen LogP contribution in [0.15, 0.2) is 48.5 Å². The Morgan fingerprint density at radius 2 is 1.32 bits per heavy atom. The predicted octanol–water partition coefficient (Wildman–Crippen LogP) is 1.03. The molecular weight excluding hydrogens is 360 g/mol. The van der Waals surface area contributed by atoms with Gasteiger partial charge >= 0.3 is 11.9 Å². The van der Waals surface area contributed by atoms with E-state index in [9.17, 15) is 9.59 Å². The summed E-state index contributed by atoms with van der Waals surface area (Å²) in [6, 6.07) is 15.6. The Labute approximate surface area is 162 Å². The maximum absolute atomic E-state index is 10.5. The molecule has 0 aliphatic carbocycles. The summed E-state index contributed by atoms with van der Waals surface area (Å²) in [6.45, 7) is 0. The fraction of sp³-hybridized carbons (Fsp3) is 0.200. The second-order valence-electron chi connectivity index (χ2n) is 5.92. The van der Waals surface area contributed by atoms with Crippen molar-refractivity contribution in [1.82, 2.24) is 0 Å². The van der Waals surface area contributed by atoms with Crippen LogP contribution in [0.3, 0.4) is 0 Å². The van der Waals surface area contributed by atoms with Crippen LogP contribution < -0.4 is 11.5 Å². The first-order valence-electron chi connectivity index (χ1n) is 8.21. The topological polar surface area (TPSA) is 174 Å². The quantitative estimate of drug-likeness (QED) is 0.574. The molecule has 0 aliphatic rings. The zero-order valence-electron chi connectivity index (χ0n) is 14.9. The highest BCUT2D eigenvalue weighted by atomic mass is 16.4. The molecule has 0 aromatic heterocycles. The summed E-state index contributed by atoms with van der Waals surface area (Å²) in [5.41, 5.74) is 13.4. The number of nitriles is 2. The Bertz CT molecular complexity index is 898. The van der Waals surface area contributed by atoms with Crippen LogP contribution >= 0.6 is 0 Å². The Morgan fingerprint density at radius 1 is 0.821 bits per heavy atom. The number of carboxylic acids is 2. The highest BCUT2D eigenvalue weighted by molar-refractivity contribution is 5.73. The van der Waals surface area contributed by atoms with E-state index in [4.69, 9.17) is 32.2 Å². The number of hydrogen-bond donors (Lipinski definition) is 4. The number of carboxylic acid groups (broad SMARTS) is 2. The van der Waals surface area contributed by atoms with Gasteiger partial charge in [-0.05, 0) is 48.2 Å². The average Bonchev–Trinajstić information content (AvgIpc) is 2.69. The van der Waals surface area contributed by atoms with Crippen molar-refractivity contribution in [3.63, 3.8) is 0 Å². The molecule has 0 spiro atoms. The lowest BCUT2D eigenvalue weighted by atomic mass is 10.0. The van der Waals surface area contributed by atoms with Crippen molar-refractivity contribution in [3.8, 4) is 12.1 Å². The van der Waals surface area contributed by atoms with E-state index < -0.39 is 24.0 Å². The molecule has 0 bridgehead atoms. The third kappa shape index (κ3) is 7.67. The van der Waals surface area contributed by atoms with Crippen molar-refractivity contribution in [1.29, 1.82) is 10.5 Å². The van der Waals surface area contributed by atoms with Crippen molar-refractivity contribution >= 4 is 11.9 Å². The molecule has 2 aromatic rings. The lowest BCUT2D eigenvalue weighted by Gasteiger charge is -2.05. The molecule has 6 N–H and O–H groups in total. The van der Waals surface area contributed by atoms with E-state index in [0.29, 0.717) is 11.1 Å². The second-order valence-corrected chi connectivity index (χ2v) is 5.92. The second kappa shape index (κ2) is 11.1. The summed E-state index contributed by atoms with van der Waals surface area (Å²) in [5, 5.41) is 34.3. The molecule has 28 heavy (non-hydrogen) atoms. The van der Waals surface area contributed by atoms with Gasteiger partial charge in [0.15, 0.2) is 0 Å². The van der Waals surface area contributed by atoms with Crippen molar-refractivity contribution in [3.05, 3.63) is 70.8 Å². The van der Waals surface area contributed by atoms with Crippen LogP contribution in [0.25, 0.3) is 0 Å². The minimum atomic E-state index is -1.03. The molecule has 144 valence electrons. The average molecular weight is 380 g/mol. The zero-order valence-corrected chi connectivity index (χ0v) is 14.9. The summed E-state index contributed by atoms with van der Waals surface area (Å²) in [6.07, 6.45) is 0.520. The van der Waals surface area contributed by atoms with Gasteiger partial charge < -0.3 is 21.7 Å². The van der Waals surface area contributed by atoms with Gasteiger partial charge in [-0.1, -0.05) is 24.3 Å². The van der Waals surface area contributed by atoms with Gasteiger partial charge in [-0.15, -0.1) is 0 Å². The lowest BCUT2D eigenvalue weighted by molar-refractivity contribution is -0.139. The molecule has 2 atom stereocenters. The molecule has 0 fully saturated rings. The minimum Gasteiger partial charge on any atom is -0.480 e. The normalized spacial score (nSPS) is 11.7. The number of carbonyl (C=O) groups is 2. The first kappa shape index (κ1) is 22.3. The largest absolute Gasteiger partial charge is 0.480 e. The lowest BCUT2D eigenvalue weighted by Crippen LogP contribution is -2.32. The van der Waals surface area contributed by atoms with Crippen LogP contribution in [-0.2, 0) is 22.4 Å². The van der Waals surface area contributed by atoms with Crippen molar-refractivity contribution in [2.75, 3.05) is 0 Å². The standard InChI is InChI=1S/2C10H10N2O2/c11-6-8-3-1-7(2-4-8)5-9(12)10(13)14;11-6-8-3-1-2-7(4-8)5-9(12)10(13)14/h2*1-4,9H,5,12H2,(H,13,14)/t2*9-/m00/s1. The summed E-state index contributed by atoms with van der Waals surface area (Å²) in [7, 11) is 0. The zero-order chi connectivity index (χ0) is 21.1. The molecule has 0 saturated carbocycles. The summed E-state index contributed by atoms with van der Waals surface area (Å²) in [5.74, 6) is -2.05. The monoisotopic (exact) mass is 380 g/mol. The van der Waals surface area contributed by atoms with E-state index in [1.54, 1.807) is 48.5 Å². The predicted molar refractivity (Wildman–Crippen MR) is 101 cm³/mol. The van der Waals surface area contributed by atoms with Crippen molar-refractivity contribution in [2.24, 2.45) is 11.5 Å². The van der Waals surface area contributed by atoms with Gasteiger partial charge in [0, 0.05) is 0 Å². The van der Waals surface area contributed by atoms with Gasteiger partial charge in [0.25, 0.3) is 0 Å². The molecule has 2 aromatic carbocycles. The van der Waals surface area contributed by atoms with Crippen LogP contribution in [0.1, 0.15) is 22.3 Å². The van der Waals surface area contributed by atoms with E-state index in [0.717, 1.165) is 11.1 Å². The Balaban J connectivity index is 0.000000280. The first-order valence-corrected chi connectivity index (χ1v) is 8.21. The summed E-state index contributed by atoms with van der Waals surface area (Å²) in [4.78, 5) is 20.9. The van der Waals surface area contributed by atoms with Crippen LogP contribution in [0, 0.1) is 22.7 Å². The maximum atomic E-state index is 10.5. The molecule has 8 nitrogen and oxygen atoms in total. The molecule has 2 rings (SSSR count). The Morgan fingerprint density at radius 3 is 1.79 bits per heavy atom. The fourth-order valence-corrected chi connectivity index (χ4v) is 2.17. The fourth-order valence-electron chi connectivity index (χ4n) is 2.17. The highest BCUT2D eigenvalue weighted by Gasteiger charge is 2.12. The molecule has 8 heteroatoms. The van der Waals surface area contributed by atoms with Gasteiger partial charge in [-0.25, -0.2) is 0 Å². The molecule has 0 heterocycles. The van der Waals surface area contributed by atoms with Gasteiger partial charge in [0.05, 0.1) is 23.3 Å². The SMILES string of the molecule is N#Cc1ccc(C[C@H](N)C(=O)O)cc1.N#Cc1cccc(C[C@H](N)C(=O)O)c1. The number of aliphatic carboxylic acids is 2. The number of benzene rings is 2. The highest BCUT2D eigenvalue weighted by Crippen LogP contribution is 2.06. The van der Waals surface area contributed by atoms with E-state index in [1.165, 1.54) is 0 Å². The Hall–Kier alpha value is -3.72. The van der Waals surface area contributed by atoms with Gasteiger partial charge in [-0.2, -0.15) is 10.5 Å². The van der Waals surface area contributed by atoms with E-state index in [1.807, 2.05) is 12.1 Å². The van der Waals surface area contributed by atoms with Crippen molar-refractivity contribution < 1.29 is 19.8 Å². The third-order valence-corrected chi connectivity index (χ3v) is 3.68. The number of nitrogens with zero attached hydrogens (tertiary/aromatic N) is 2. The van der Waals surface area contributed by atoms with Gasteiger partial charge in [0.1, 0.15) is 12.1 Å². The van der Waals surface area contributed by atoms with Gasteiger partial charge in [0.2, 0.25) is 0 Å². The molecule has 0 aliphatic heterocycles. The van der Waals surface area contributed by atoms with Gasteiger partial charge in [-0.3, -0.25) is 9.59 Å². The number of rotatable bonds is 6. The molecule has 0 amide bonds.